The van der Waals surface area contributed by atoms with Crippen molar-refractivity contribution in [2.45, 2.75) is 0 Å². The van der Waals surface area contributed by atoms with Gasteiger partial charge in [0.05, 0.1) is 11.9 Å². The second-order valence-electron chi connectivity index (χ2n) is 6.67. The van der Waals surface area contributed by atoms with Gasteiger partial charge in [-0.1, -0.05) is 0 Å². The van der Waals surface area contributed by atoms with E-state index in [9.17, 15) is 4.79 Å². The minimum atomic E-state index is -0.240. The topological polar surface area (TPSA) is 82.6 Å². The van der Waals surface area contributed by atoms with Crippen LogP contribution in [-0.4, -0.2) is 29.1 Å². The molecule has 5 rings (SSSR count). The standard InChI is InChI=1S/C23H17N3O4S/c27-22(15-3-6-17(7-4-15)30-18-2-1-9-24-13-18)26-23-25-19(14-31-23)16-5-8-20-21(12-16)29-11-10-28-20/h1-9,12-14H,10-11H2,(H,25,26,27). The number of amides is 1. The molecular formula is C23H17N3O4S. The summed E-state index contributed by atoms with van der Waals surface area (Å²) < 4.78 is 16.9. The van der Waals surface area contributed by atoms with Gasteiger partial charge in [-0.25, -0.2) is 4.98 Å². The van der Waals surface area contributed by atoms with Crippen LogP contribution >= 0.6 is 11.3 Å². The molecule has 0 saturated carbocycles. The molecule has 0 fully saturated rings. The largest absolute Gasteiger partial charge is 0.486 e. The molecule has 7 nitrogen and oxygen atoms in total. The fourth-order valence-electron chi connectivity index (χ4n) is 3.05. The molecule has 0 unspecified atom stereocenters. The second-order valence-corrected chi connectivity index (χ2v) is 7.52. The van der Waals surface area contributed by atoms with Crippen LogP contribution in [-0.2, 0) is 0 Å². The summed E-state index contributed by atoms with van der Waals surface area (Å²) >= 11 is 1.36. The number of pyridine rings is 1. The third-order valence-electron chi connectivity index (χ3n) is 4.55. The molecule has 3 heterocycles. The molecule has 2 aromatic carbocycles. The van der Waals surface area contributed by atoms with Gasteiger partial charge in [-0.3, -0.25) is 15.1 Å². The van der Waals surface area contributed by atoms with Crippen molar-refractivity contribution in [3.63, 3.8) is 0 Å². The Labute approximate surface area is 182 Å². The van der Waals surface area contributed by atoms with Crippen LogP contribution in [0.5, 0.6) is 23.0 Å². The number of fused-ring (bicyclic) bond motifs is 1. The highest BCUT2D eigenvalue weighted by Gasteiger charge is 2.15. The summed E-state index contributed by atoms with van der Waals surface area (Å²) in [5.74, 6) is 2.45. The predicted molar refractivity (Wildman–Crippen MR) is 117 cm³/mol. The maximum Gasteiger partial charge on any atom is 0.257 e. The van der Waals surface area contributed by atoms with Crippen molar-refractivity contribution in [1.29, 1.82) is 0 Å². The number of aromatic nitrogens is 2. The van der Waals surface area contributed by atoms with Crippen LogP contribution < -0.4 is 19.5 Å². The molecule has 0 spiro atoms. The number of anilines is 1. The smallest absolute Gasteiger partial charge is 0.257 e. The predicted octanol–water partition coefficient (Wildman–Crippen LogP) is 5.02. The second kappa shape index (κ2) is 8.45. The summed E-state index contributed by atoms with van der Waals surface area (Å²) in [7, 11) is 0. The van der Waals surface area contributed by atoms with Crippen LogP contribution in [0.1, 0.15) is 10.4 Å². The number of benzene rings is 2. The molecule has 8 heteroatoms. The van der Waals surface area contributed by atoms with Crippen molar-refractivity contribution < 1.29 is 19.0 Å². The zero-order valence-electron chi connectivity index (χ0n) is 16.3. The molecule has 2 aromatic heterocycles. The average molecular weight is 431 g/mol. The first-order chi connectivity index (χ1) is 15.2. The number of nitrogens with zero attached hydrogens (tertiary/aromatic N) is 2. The highest BCUT2D eigenvalue weighted by Crippen LogP contribution is 2.35. The Morgan fingerprint density at radius 3 is 2.65 bits per heavy atom. The fourth-order valence-corrected chi connectivity index (χ4v) is 3.77. The highest BCUT2D eigenvalue weighted by molar-refractivity contribution is 7.14. The number of nitrogens with one attached hydrogen (secondary N) is 1. The first-order valence-corrected chi connectivity index (χ1v) is 10.5. The van der Waals surface area contributed by atoms with Crippen molar-refractivity contribution in [1.82, 2.24) is 9.97 Å². The van der Waals surface area contributed by atoms with Gasteiger partial charge in [0.2, 0.25) is 0 Å². The van der Waals surface area contributed by atoms with Gasteiger partial charge in [0.25, 0.3) is 5.91 Å². The summed E-state index contributed by atoms with van der Waals surface area (Å²) in [5, 5.41) is 5.26. The van der Waals surface area contributed by atoms with E-state index in [-0.39, 0.29) is 5.91 Å². The minimum Gasteiger partial charge on any atom is -0.486 e. The maximum absolute atomic E-state index is 12.6. The number of hydrogen-bond donors (Lipinski definition) is 1. The first kappa shape index (κ1) is 19.1. The van der Waals surface area contributed by atoms with Gasteiger partial charge in [-0.15, -0.1) is 11.3 Å². The van der Waals surface area contributed by atoms with E-state index in [1.165, 1.54) is 11.3 Å². The van der Waals surface area contributed by atoms with Gasteiger partial charge < -0.3 is 14.2 Å². The van der Waals surface area contributed by atoms with Crippen LogP contribution in [0.2, 0.25) is 0 Å². The van der Waals surface area contributed by atoms with Crippen LogP contribution in [0.15, 0.2) is 72.4 Å². The summed E-state index contributed by atoms with van der Waals surface area (Å²) in [6.45, 7) is 1.08. The van der Waals surface area contributed by atoms with Gasteiger partial charge in [0, 0.05) is 22.7 Å². The van der Waals surface area contributed by atoms with Crippen LogP contribution in [0.4, 0.5) is 5.13 Å². The Kier molecular flexibility index (Phi) is 5.20. The molecule has 0 bridgehead atoms. The Balaban J connectivity index is 1.25. The van der Waals surface area contributed by atoms with E-state index in [0.29, 0.717) is 41.2 Å². The summed E-state index contributed by atoms with van der Waals surface area (Å²) in [5.41, 5.74) is 2.17. The van der Waals surface area contributed by atoms with Crippen molar-refractivity contribution in [3.8, 4) is 34.3 Å². The normalized spacial score (nSPS) is 12.3. The van der Waals surface area contributed by atoms with E-state index in [4.69, 9.17) is 14.2 Å². The third kappa shape index (κ3) is 4.34. The van der Waals surface area contributed by atoms with Gasteiger partial charge in [0.15, 0.2) is 16.6 Å². The molecule has 31 heavy (non-hydrogen) atoms. The number of ether oxygens (including phenoxy) is 3. The molecule has 0 saturated heterocycles. The molecule has 1 aliphatic heterocycles. The average Bonchev–Trinajstić information content (AvgIpc) is 3.28. The van der Waals surface area contributed by atoms with E-state index in [1.807, 2.05) is 29.6 Å². The summed E-state index contributed by atoms with van der Waals surface area (Å²) in [6, 6.07) is 16.2. The number of carbonyl (C=O) groups is 1. The Morgan fingerprint density at radius 1 is 1.00 bits per heavy atom. The monoisotopic (exact) mass is 431 g/mol. The van der Waals surface area contributed by atoms with E-state index in [0.717, 1.165) is 17.0 Å². The van der Waals surface area contributed by atoms with Crippen LogP contribution in [0.3, 0.4) is 0 Å². The quantitative estimate of drug-likeness (QED) is 0.478. The van der Waals surface area contributed by atoms with E-state index >= 15 is 0 Å². The minimum absolute atomic E-state index is 0.240. The van der Waals surface area contributed by atoms with Crippen molar-refractivity contribution in [3.05, 3.63) is 77.9 Å². The molecule has 0 radical (unpaired) electrons. The molecule has 154 valence electrons. The van der Waals surface area contributed by atoms with Crippen LogP contribution in [0, 0.1) is 0 Å². The molecule has 0 atom stereocenters. The fraction of sp³-hybridized carbons (Fsp3) is 0.0870. The molecule has 1 N–H and O–H groups in total. The lowest BCUT2D eigenvalue weighted by molar-refractivity contribution is 0.102. The molecule has 4 aromatic rings. The summed E-state index contributed by atoms with van der Waals surface area (Å²) in [6.07, 6.45) is 3.31. The van der Waals surface area contributed by atoms with Crippen molar-refractivity contribution in [2.75, 3.05) is 18.5 Å². The lowest BCUT2D eigenvalue weighted by atomic mass is 10.1. The van der Waals surface area contributed by atoms with Gasteiger partial charge in [0.1, 0.15) is 24.7 Å². The van der Waals surface area contributed by atoms with Gasteiger partial charge in [-0.2, -0.15) is 0 Å². The molecule has 1 amide bonds. The third-order valence-corrected chi connectivity index (χ3v) is 5.31. The van der Waals surface area contributed by atoms with Gasteiger partial charge in [-0.05, 0) is 54.6 Å². The lowest BCUT2D eigenvalue weighted by Crippen LogP contribution is -2.15. The SMILES string of the molecule is O=C(Nc1nc(-c2ccc3c(c2)OCCO3)cs1)c1ccc(Oc2cccnc2)cc1. The molecule has 1 aliphatic rings. The first-order valence-electron chi connectivity index (χ1n) is 9.59. The Bertz CT molecular complexity index is 1210. The maximum atomic E-state index is 12.6. The van der Waals surface area contributed by atoms with Crippen molar-refractivity contribution >= 4 is 22.4 Å². The van der Waals surface area contributed by atoms with Crippen LogP contribution in [0.25, 0.3) is 11.3 Å². The number of thiazole rings is 1. The van der Waals surface area contributed by atoms with Gasteiger partial charge >= 0.3 is 0 Å². The number of rotatable bonds is 5. The Morgan fingerprint density at radius 2 is 1.84 bits per heavy atom. The van der Waals surface area contributed by atoms with Crippen molar-refractivity contribution in [2.24, 2.45) is 0 Å². The molecule has 0 aliphatic carbocycles. The van der Waals surface area contributed by atoms with E-state index in [1.54, 1.807) is 42.7 Å². The zero-order valence-corrected chi connectivity index (χ0v) is 17.1. The number of carbonyl (C=O) groups excluding carboxylic acids is 1. The van der Waals surface area contributed by atoms with E-state index < -0.39 is 0 Å². The zero-order chi connectivity index (χ0) is 21.0. The lowest BCUT2D eigenvalue weighted by Gasteiger charge is -2.18. The highest BCUT2D eigenvalue weighted by atomic mass is 32.1. The van der Waals surface area contributed by atoms with E-state index in [2.05, 4.69) is 15.3 Å². The molecular weight excluding hydrogens is 414 g/mol. The Hall–Kier alpha value is -3.91. The number of hydrogen-bond acceptors (Lipinski definition) is 7. The summed E-state index contributed by atoms with van der Waals surface area (Å²) in [4.78, 5) is 21.1.